The molecule has 0 aromatic heterocycles. The minimum Gasteiger partial charge on any atom is -0.353 e. The molecular weight excluding hydrogens is 250 g/mol. The molecule has 0 fully saturated rings. The van der Waals surface area contributed by atoms with Gasteiger partial charge in [-0.15, -0.1) is 0 Å². The van der Waals surface area contributed by atoms with Crippen molar-refractivity contribution >= 4 is 11.7 Å². The molecule has 0 saturated carbocycles. The molecule has 0 heterocycles. The van der Waals surface area contributed by atoms with Crippen LogP contribution in [0.2, 0.25) is 0 Å². The highest BCUT2D eigenvalue weighted by Crippen LogP contribution is 2.20. The average molecular weight is 271 g/mol. The lowest BCUT2D eigenvalue weighted by molar-refractivity contribution is -0.122. The van der Waals surface area contributed by atoms with Gasteiger partial charge in [0, 0.05) is 24.4 Å². The van der Waals surface area contributed by atoms with E-state index in [4.69, 9.17) is 0 Å². The van der Waals surface area contributed by atoms with E-state index in [-0.39, 0.29) is 17.7 Å². The molecule has 20 heavy (non-hydrogen) atoms. The van der Waals surface area contributed by atoms with Crippen LogP contribution < -0.4 is 5.32 Å². The quantitative estimate of drug-likeness (QED) is 0.638. The van der Waals surface area contributed by atoms with Gasteiger partial charge in [-0.25, -0.2) is 0 Å². The fourth-order valence-corrected chi connectivity index (χ4v) is 2.51. The molecule has 1 aliphatic carbocycles. The third kappa shape index (κ3) is 4.34. The third-order valence-electron chi connectivity index (χ3n) is 3.55. The maximum Gasteiger partial charge on any atom is 0.220 e. The van der Waals surface area contributed by atoms with Gasteiger partial charge in [0.2, 0.25) is 5.91 Å². The number of carbonyl (C=O) groups is 2. The van der Waals surface area contributed by atoms with E-state index in [0.717, 1.165) is 12.8 Å². The first-order chi connectivity index (χ1) is 9.65. The van der Waals surface area contributed by atoms with E-state index in [2.05, 4.69) is 17.5 Å². The second kappa shape index (κ2) is 7.04. The second-order valence-electron chi connectivity index (χ2n) is 5.43. The summed E-state index contributed by atoms with van der Waals surface area (Å²) in [6.07, 6.45) is 7.24. The summed E-state index contributed by atoms with van der Waals surface area (Å²) in [5.41, 5.74) is 0.701. The summed E-state index contributed by atoms with van der Waals surface area (Å²) in [5, 5.41) is 2.91. The number of Topliss-reactive ketones (excluding diaryl/α,β-unsaturated/α-hetero) is 1. The lowest BCUT2D eigenvalue weighted by Gasteiger charge is -2.14. The Kier molecular flexibility index (Phi) is 5.10. The first-order valence-electron chi connectivity index (χ1n) is 7.19. The van der Waals surface area contributed by atoms with Crippen LogP contribution in [0.25, 0.3) is 0 Å². The lowest BCUT2D eigenvalue weighted by atomic mass is 10.0. The third-order valence-corrected chi connectivity index (χ3v) is 3.55. The van der Waals surface area contributed by atoms with Gasteiger partial charge in [0.05, 0.1) is 0 Å². The van der Waals surface area contributed by atoms with Crippen LogP contribution in [0.15, 0.2) is 42.5 Å². The Labute approximate surface area is 120 Å². The van der Waals surface area contributed by atoms with E-state index < -0.39 is 0 Å². The number of allylic oxidation sites excluding steroid dienone is 2. The second-order valence-corrected chi connectivity index (χ2v) is 5.43. The van der Waals surface area contributed by atoms with Gasteiger partial charge in [-0.1, -0.05) is 42.5 Å². The van der Waals surface area contributed by atoms with Crippen molar-refractivity contribution in [2.45, 2.75) is 38.6 Å². The normalized spacial score (nSPS) is 18.8. The number of hydrogen-bond acceptors (Lipinski definition) is 2. The van der Waals surface area contributed by atoms with Gasteiger partial charge in [0.25, 0.3) is 0 Å². The number of carbonyl (C=O) groups excluding carboxylic acids is 2. The number of rotatable bonds is 6. The molecule has 2 atom stereocenters. The maximum atomic E-state index is 12.0. The van der Waals surface area contributed by atoms with Crippen LogP contribution in [0.5, 0.6) is 0 Å². The predicted octanol–water partition coefficient (Wildman–Crippen LogP) is 3.12. The SMILES string of the molecule is C[C@H](CC(=O)c1ccccc1)NC(=O)C[C@H]1C=CCC1. The van der Waals surface area contributed by atoms with Gasteiger partial charge >= 0.3 is 0 Å². The molecule has 3 heteroatoms. The van der Waals surface area contributed by atoms with Gasteiger partial charge in [-0.05, 0) is 25.7 Å². The van der Waals surface area contributed by atoms with Crippen molar-refractivity contribution in [1.29, 1.82) is 0 Å². The lowest BCUT2D eigenvalue weighted by Crippen LogP contribution is -2.34. The summed E-state index contributed by atoms with van der Waals surface area (Å²) in [6.45, 7) is 1.88. The Bertz CT molecular complexity index is 493. The van der Waals surface area contributed by atoms with Gasteiger partial charge < -0.3 is 5.32 Å². The molecule has 2 rings (SSSR count). The molecule has 3 nitrogen and oxygen atoms in total. The van der Waals surface area contributed by atoms with Crippen molar-refractivity contribution in [3.63, 3.8) is 0 Å². The van der Waals surface area contributed by atoms with Crippen molar-refractivity contribution in [1.82, 2.24) is 5.32 Å². The van der Waals surface area contributed by atoms with Gasteiger partial charge in [-0.3, -0.25) is 9.59 Å². The number of hydrogen-bond donors (Lipinski definition) is 1. The van der Waals surface area contributed by atoms with Crippen LogP contribution in [0.3, 0.4) is 0 Å². The average Bonchev–Trinajstić information content (AvgIpc) is 2.92. The van der Waals surface area contributed by atoms with Gasteiger partial charge in [-0.2, -0.15) is 0 Å². The van der Waals surface area contributed by atoms with E-state index in [9.17, 15) is 9.59 Å². The molecule has 1 aromatic carbocycles. The molecule has 0 spiro atoms. The summed E-state index contributed by atoms with van der Waals surface area (Å²) in [6, 6.07) is 9.07. The zero-order chi connectivity index (χ0) is 14.4. The Morgan fingerprint density at radius 2 is 2.05 bits per heavy atom. The number of nitrogens with one attached hydrogen (secondary N) is 1. The molecule has 1 amide bonds. The molecular formula is C17H21NO2. The highest BCUT2D eigenvalue weighted by molar-refractivity contribution is 5.96. The molecule has 106 valence electrons. The van der Waals surface area contributed by atoms with E-state index in [1.807, 2.05) is 25.1 Å². The van der Waals surface area contributed by atoms with Crippen LogP contribution in [-0.4, -0.2) is 17.7 Å². The highest BCUT2D eigenvalue weighted by atomic mass is 16.1. The van der Waals surface area contributed by atoms with Crippen LogP contribution >= 0.6 is 0 Å². The van der Waals surface area contributed by atoms with Gasteiger partial charge in [0.1, 0.15) is 0 Å². The molecule has 0 radical (unpaired) electrons. The largest absolute Gasteiger partial charge is 0.353 e. The van der Waals surface area contributed by atoms with E-state index in [0.29, 0.717) is 24.3 Å². The van der Waals surface area contributed by atoms with Crippen LogP contribution in [0.1, 0.15) is 43.0 Å². The van der Waals surface area contributed by atoms with E-state index >= 15 is 0 Å². The number of ketones is 1. The number of amides is 1. The first-order valence-corrected chi connectivity index (χ1v) is 7.19. The molecule has 0 unspecified atom stereocenters. The maximum absolute atomic E-state index is 12.0. The number of benzene rings is 1. The fourth-order valence-electron chi connectivity index (χ4n) is 2.51. The van der Waals surface area contributed by atoms with E-state index in [1.165, 1.54) is 0 Å². The summed E-state index contributed by atoms with van der Waals surface area (Å²) in [5.74, 6) is 0.473. The summed E-state index contributed by atoms with van der Waals surface area (Å²) >= 11 is 0. The monoisotopic (exact) mass is 271 g/mol. The van der Waals surface area contributed by atoms with Crippen molar-refractivity contribution in [3.8, 4) is 0 Å². The van der Waals surface area contributed by atoms with Crippen LogP contribution in [0.4, 0.5) is 0 Å². The first kappa shape index (κ1) is 14.5. The molecule has 0 aliphatic heterocycles. The Morgan fingerprint density at radius 3 is 2.70 bits per heavy atom. The van der Waals surface area contributed by atoms with Crippen molar-refractivity contribution < 1.29 is 9.59 Å². The summed E-state index contributed by atoms with van der Waals surface area (Å²) in [7, 11) is 0. The van der Waals surface area contributed by atoms with Crippen molar-refractivity contribution in [2.75, 3.05) is 0 Å². The molecule has 1 aromatic rings. The Hall–Kier alpha value is -1.90. The smallest absolute Gasteiger partial charge is 0.220 e. The standard InChI is InChI=1S/C17H21NO2/c1-13(11-16(19)15-9-3-2-4-10-15)18-17(20)12-14-7-5-6-8-14/h2-5,7,9-10,13-14H,6,8,11-12H2,1H3,(H,18,20)/t13-,14+/m1/s1. The molecule has 1 N–H and O–H groups in total. The zero-order valence-electron chi connectivity index (χ0n) is 11.8. The van der Waals surface area contributed by atoms with Crippen LogP contribution in [-0.2, 0) is 4.79 Å². The summed E-state index contributed by atoms with van der Waals surface area (Å²) in [4.78, 5) is 23.9. The van der Waals surface area contributed by atoms with Gasteiger partial charge in [0.15, 0.2) is 5.78 Å². The zero-order valence-corrected chi connectivity index (χ0v) is 11.8. The minimum absolute atomic E-state index is 0.0370. The Balaban J connectivity index is 1.77. The van der Waals surface area contributed by atoms with Crippen LogP contribution in [0, 0.1) is 5.92 Å². The van der Waals surface area contributed by atoms with E-state index in [1.54, 1.807) is 12.1 Å². The predicted molar refractivity (Wildman–Crippen MR) is 79.5 cm³/mol. The van der Waals surface area contributed by atoms with Crippen molar-refractivity contribution in [3.05, 3.63) is 48.0 Å². The molecule has 0 bridgehead atoms. The molecule has 1 aliphatic rings. The summed E-state index contributed by atoms with van der Waals surface area (Å²) < 4.78 is 0. The Morgan fingerprint density at radius 1 is 1.30 bits per heavy atom. The highest BCUT2D eigenvalue weighted by Gasteiger charge is 2.17. The minimum atomic E-state index is -0.124. The van der Waals surface area contributed by atoms with Crippen molar-refractivity contribution in [2.24, 2.45) is 5.92 Å². The fraction of sp³-hybridized carbons (Fsp3) is 0.412. The topological polar surface area (TPSA) is 46.2 Å². The molecule has 0 saturated heterocycles.